The molecule has 0 aromatic rings. The molecule has 0 amide bonds. The van der Waals surface area contributed by atoms with Crippen molar-refractivity contribution < 1.29 is 19.2 Å². The van der Waals surface area contributed by atoms with Crippen LogP contribution in [-0.4, -0.2) is 23.1 Å². The van der Waals surface area contributed by atoms with Gasteiger partial charge in [0.25, 0.3) is 0 Å². The normalized spacial score (nSPS) is 23.9. The van der Waals surface area contributed by atoms with Gasteiger partial charge in [-0.2, -0.15) is 0 Å². The van der Waals surface area contributed by atoms with E-state index in [4.69, 9.17) is 0 Å². The summed E-state index contributed by atoms with van der Waals surface area (Å²) in [6, 6.07) is 0. The van der Waals surface area contributed by atoms with Gasteiger partial charge in [0.2, 0.25) is 0 Å². The van der Waals surface area contributed by atoms with E-state index in [0.717, 1.165) is 0 Å². The third-order valence-electron chi connectivity index (χ3n) is 3.46. The quantitative estimate of drug-likeness (QED) is 0.673. The molecule has 0 aromatic heterocycles. The molecule has 0 aliphatic heterocycles. The minimum atomic E-state index is -1.69. The number of carbonyl (C=O) groups is 4. The van der Waals surface area contributed by atoms with Gasteiger partial charge in [0.15, 0.2) is 22.8 Å². The van der Waals surface area contributed by atoms with E-state index in [1.165, 1.54) is 20.8 Å². The maximum Gasteiger partial charge on any atom is 0.154 e. The van der Waals surface area contributed by atoms with Crippen LogP contribution in [-0.2, 0) is 19.2 Å². The first-order chi connectivity index (χ1) is 7.35. The molecule has 0 heterocycles. The van der Waals surface area contributed by atoms with Crippen LogP contribution >= 0.6 is 0 Å². The third kappa shape index (κ3) is 1.62. The van der Waals surface area contributed by atoms with Crippen LogP contribution < -0.4 is 0 Å². The average molecular weight is 224 g/mol. The van der Waals surface area contributed by atoms with Gasteiger partial charge in [-0.1, -0.05) is 0 Å². The van der Waals surface area contributed by atoms with Gasteiger partial charge in [0.1, 0.15) is 5.78 Å². The molecule has 1 aliphatic carbocycles. The molecule has 1 aliphatic rings. The summed E-state index contributed by atoms with van der Waals surface area (Å²) in [7, 11) is 0. The highest BCUT2D eigenvalue weighted by Crippen LogP contribution is 2.41. The molecule has 0 aromatic carbocycles. The van der Waals surface area contributed by atoms with Crippen molar-refractivity contribution in [1.29, 1.82) is 0 Å². The Labute approximate surface area is 94.4 Å². The summed E-state index contributed by atoms with van der Waals surface area (Å²) in [6.45, 7) is 3.78. The molecular weight excluding hydrogens is 208 g/mol. The fraction of sp³-hybridized carbons (Fsp3) is 0.667. The number of hydrogen-bond donors (Lipinski definition) is 0. The number of Topliss-reactive ketones (excluding diaryl/α,β-unsaturated/α-hetero) is 4. The lowest BCUT2D eigenvalue weighted by Crippen LogP contribution is -2.54. The Balaban J connectivity index is 3.36. The van der Waals surface area contributed by atoms with E-state index in [2.05, 4.69) is 0 Å². The average Bonchev–Trinajstić information content (AvgIpc) is 2.15. The van der Waals surface area contributed by atoms with E-state index in [1.54, 1.807) is 0 Å². The van der Waals surface area contributed by atoms with Gasteiger partial charge in [0.05, 0.1) is 0 Å². The van der Waals surface area contributed by atoms with E-state index in [1.807, 2.05) is 0 Å². The highest BCUT2D eigenvalue weighted by Gasteiger charge is 2.56. The monoisotopic (exact) mass is 224 g/mol. The molecule has 0 N–H and O–H groups in total. The molecule has 0 radical (unpaired) electrons. The Hall–Kier alpha value is -1.32. The lowest BCUT2D eigenvalue weighted by molar-refractivity contribution is -0.157. The van der Waals surface area contributed by atoms with Gasteiger partial charge in [-0.05, 0) is 33.6 Å². The Bertz CT molecular complexity index is 353. The Morgan fingerprint density at radius 2 is 1.62 bits per heavy atom. The molecule has 0 saturated heterocycles. The van der Waals surface area contributed by atoms with Gasteiger partial charge in [0, 0.05) is 12.3 Å². The predicted molar refractivity (Wildman–Crippen MR) is 56.8 cm³/mol. The lowest BCUT2D eigenvalue weighted by atomic mass is 9.60. The molecule has 16 heavy (non-hydrogen) atoms. The van der Waals surface area contributed by atoms with E-state index in [0.29, 0.717) is 12.8 Å². The molecule has 88 valence electrons. The molecule has 4 nitrogen and oxygen atoms in total. The third-order valence-corrected chi connectivity index (χ3v) is 3.46. The standard InChI is InChI=1S/C12H16O4/c1-7(13)10-5-4-6-11(16)12(10,8(2)14)9(3)15/h10H,4-6H2,1-3H3. The van der Waals surface area contributed by atoms with Gasteiger partial charge in [-0.3, -0.25) is 19.2 Å². The lowest BCUT2D eigenvalue weighted by Gasteiger charge is -2.37. The largest absolute Gasteiger partial charge is 0.300 e. The van der Waals surface area contributed by atoms with Crippen LogP contribution in [0.4, 0.5) is 0 Å². The molecule has 0 spiro atoms. The van der Waals surface area contributed by atoms with Crippen LogP contribution in [0.25, 0.3) is 0 Å². The van der Waals surface area contributed by atoms with Crippen molar-refractivity contribution in [2.75, 3.05) is 0 Å². The molecule has 0 bridgehead atoms. The van der Waals surface area contributed by atoms with Crippen molar-refractivity contribution in [3.05, 3.63) is 0 Å². The SMILES string of the molecule is CC(=O)C1CCCC(=O)C1(C(C)=O)C(C)=O. The first-order valence-corrected chi connectivity index (χ1v) is 5.41. The second-order valence-corrected chi connectivity index (χ2v) is 4.40. The topological polar surface area (TPSA) is 68.3 Å². The van der Waals surface area contributed by atoms with Gasteiger partial charge >= 0.3 is 0 Å². The van der Waals surface area contributed by atoms with Crippen LogP contribution in [0.5, 0.6) is 0 Å². The van der Waals surface area contributed by atoms with Crippen LogP contribution in [0.1, 0.15) is 40.0 Å². The van der Waals surface area contributed by atoms with Crippen molar-refractivity contribution >= 4 is 23.1 Å². The van der Waals surface area contributed by atoms with E-state index >= 15 is 0 Å². The molecule has 1 fully saturated rings. The molecule has 4 heteroatoms. The van der Waals surface area contributed by atoms with Crippen molar-refractivity contribution in [2.45, 2.75) is 40.0 Å². The number of ketones is 4. The Kier molecular flexibility index (Phi) is 3.41. The van der Waals surface area contributed by atoms with E-state index in [-0.39, 0.29) is 18.0 Å². The number of rotatable bonds is 3. The van der Waals surface area contributed by atoms with E-state index < -0.39 is 22.9 Å². The molecule has 1 unspecified atom stereocenters. The maximum atomic E-state index is 11.9. The fourth-order valence-corrected chi connectivity index (χ4v) is 2.71. The molecule has 1 saturated carbocycles. The fourth-order valence-electron chi connectivity index (χ4n) is 2.71. The second kappa shape index (κ2) is 4.28. The Morgan fingerprint density at radius 1 is 1.12 bits per heavy atom. The molecule has 1 rings (SSSR count). The van der Waals surface area contributed by atoms with Crippen LogP contribution in [0.15, 0.2) is 0 Å². The zero-order valence-electron chi connectivity index (χ0n) is 9.83. The van der Waals surface area contributed by atoms with Gasteiger partial charge < -0.3 is 0 Å². The summed E-state index contributed by atoms with van der Waals surface area (Å²) in [5.41, 5.74) is -1.69. The zero-order valence-corrected chi connectivity index (χ0v) is 9.83. The second-order valence-electron chi connectivity index (χ2n) is 4.40. The summed E-state index contributed by atoms with van der Waals surface area (Å²) in [6.07, 6.45) is 1.23. The summed E-state index contributed by atoms with van der Waals surface area (Å²) < 4.78 is 0. The van der Waals surface area contributed by atoms with Crippen molar-refractivity contribution in [3.63, 3.8) is 0 Å². The maximum absolute atomic E-state index is 11.9. The van der Waals surface area contributed by atoms with Crippen molar-refractivity contribution in [1.82, 2.24) is 0 Å². The van der Waals surface area contributed by atoms with Crippen LogP contribution in [0.2, 0.25) is 0 Å². The van der Waals surface area contributed by atoms with Crippen molar-refractivity contribution in [3.8, 4) is 0 Å². The minimum Gasteiger partial charge on any atom is -0.300 e. The molecule has 1 atom stereocenters. The number of carbonyl (C=O) groups excluding carboxylic acids is 4. The summed E-state index contributed by atoms with van der Waals surface area (Å²) in [5.74, 6) is -2.39. The van der Waals surface area contributed by atoms with Crippen molar-refractivity contribution in [2.24, 2.45) is 11.3 Å². The van der Waals surface area contributed by atoms with Crippen LogP contribution in [0.3, 0.4) is 0 Å². The first-order valence-electron chi connectivity index (χ1n) is 5.41. The number of hydrogen-bond acceptors (Lipinski definition) is 4. The highest BCUT2D eigenvalue weighted by atomic mass is 16.2. The van der Waals surface area contributed by atoms with Gasteiger partial charge in [-0.15, -0.1) is 0 Å². The van der Waals surface area contributed by atoms with Crippen LogP contribution in [0, 0.1) is 11.3 Å². The summed E-state index contributed by atoms with van der Waals surface area (Å²) >= 11 is 0. The van der Waals surface area contributed by atoms with E-state index in [9.17, 15) is 19.2 Å². The summed E-state index contributed by atoms with van der Waals surface area (Å²) in [5, 5.41) is 0. The Morgan fingerprint density at radius 3 is 1.94 bits per heavy atom. The first kappa shape index (κ1) is 12.7. The summed E-state index contributed by atoms with van der Waals surface area (Å²) in [4.78, 5) is 46.8. The molecular formula is C12H16O4. The minimum absolute atomic E-state index is 0.211. The highest BCUT2D eigenvalue weighted by molar-refractivity contribution is 6.25. The zero-order chi connectivity index (χ0) is 12.5. The predicted octanol–water partition coefficient (Wildman–Crippen LogP) is 1.11. The van der Waals surface area contributed by atoms with Gasteiger partial charge in [-0.25, -0.2) is 0 Å². The smallest absolute Gasteiger partial charge is 0.154 e.